The molecule has 5 heteroatoms. The summed E-state index contributed by atoms with van der Waals surface area (Å²) in [6, 6.07) is 13.5. The topological polar surface area (TPSA) is 46.5 Å². The number of aliphatic hydroxyl groups is 1. The van der Waals surface area contributed by atoms with E-state index in [-0.39, 0.29) is 6.61 Å². The lowest BCUT2D eigenvalue weighted by molar-refractivity contribution is -0.155. The second kappa shape index (κ2) is 6.75. The molecular formula is C15H12Cl2O3. The number of hydrogen-bond donors (Lipinski definition) is 1. The summed E-state index contributed by atoms with van der Waals surface area (Å²) in [7, 11) is 0. The van der Waals surface area contributed by atoms with Crippen molar-refractivity contribution >= 4 is 29.2 Å². The van der Waals surface area contributed by atoms with Crippen molar-refractivity contribution in [1.29, 1.82) is 0 Å². The van der Waals surface area contributed by atoms with Gasteiger partial charge in [0, 0.05) is 15.6 Å². The lowest BCUT2D eigenvalue weighted by Crippen LogP contribution is -2.15. The van der Waals surface area contributed by atoms with E-state index in [0.717, 1.165) is 0 Å². The van der Waals surface area contributed by atoms with Gasteiger partial charge in [0.25, 0.3) is 0 Å². The molecule has 2 aromatic carbocycles. The van der Waals surface area contributed by atoms with Crippen LogP contribution >= 0.6 is 23.2 Å². The maximum absolute atomic E-state index is 11.8. The number of hydrogen-bond acceptors (Lipinski definition) is 3. The number of carbonyl (C=O) groups excluding carboxylic acids is 1. The highest BCUT2D eigenvalue weighted by Gasteiger charge is 2.18. The molecule has 0 heterocycles. The molecule has 2 aromatic rings. The number of halogens is 2. The zero-order valence-electron chi connectivity index (χ0n) is 10.4. The van der Waals surface area contributed by atoms with Crippen molar-refractivity contribution < 1.29 is 14.6 Å². The van der Waals surface area contributed by atoms with E-state index in [2.05, 4.69) is 0 Å². The predicted molar refractivity (Wildman–Crippen MR) is 77.7 cm³/mol. The van der Waals surface area contributed by atoms with E-state index < -0.39 is 12.1 Å². The molecule has 0 radical (unpaired) electrons. The van der Waals surface area contributed by atoms with Gasteiger partial charge in [-0.15, -0.1) is 0 Å². The van der Waals surface area contributed by atoms with Crippen molar-refractivity contribution in [1.82, 2.24) is 0 Å². The monoisotopic (exact) mass is 310 g/mol. The van der Waals surface area contributed by atoms with Gasteiger partial charge in [0.2, 0.25) is 0 Å². The number of ether oxygens (including phenoxy) is 1. The second-order valence-corrected chi connectivity index (χ2v) is 5.00. The fourth-order valence-corrected chi connectivity index (χ4v) is 2.10. The van der Waals surface area contributed by atoms with Crippen molar-refractivity contribution in [3.05, 3.63) is 69.7 Å². The second-order valence-electron chi connectivity index (χ2n) is 4.16. The maximum Gasteiger partial charge on any atom is 0.339 e. The molecule has 0 aliphatic carbocycles. The van der Waals surface area contributed by atoms with Gasteiger partial charge in [0.15, 0.2) is 6.10 Å². The van der Waals surface area contributed by atoms with Gasteiger partial charge in [-0.25, -0.2) is 4.79 Å². The first-order chi connectivity index (χ1) is 9.58. The van der Waals surface area contributed by atoms with Gasteiger partial charge < -0.3 is 9.84 Å². The van der Waals surface area contributed by atoms with Gasteiger partial charge in [-0.3, -0.25) is 0 Å². The Balaban J connectivity index is 1.98. The van der Waals surface area contributed by atoms with Crippen LogP contribution < -0.4 is 0 Å². The molecule has 3 nitrogen and oxygen atoms in total. The van der Waals surface area contributed by atoms with E-state index in [1.54, 1.807) is 48.5 Å². The summed E-state index contributed by atoms with van der Waals surface area (Å²) in [5.74, 6) is -0.720. The Hall–Kier alpha value is -1.55. The average molecular weight is 311 g/mol. The molecule has 20 heavy (non-hydrogen) atoms. The van der Waals surface area contributed by atoms with Crippen LogP contribution in [0.1, 0.15) is 17.2 Å². The Kier molecular flexibility index (Phi) is 5.01. The summed E-state index contributed by atoms with van der Waals surface area (Å²) in [6.07, 6.45) is -1.30. The minimum Gasteiger partial charge on any atom is -0.459 e. The smallest absolute Gasteiger partial charge is 0.339 e. The molecule has 0 fully saturated rings. The standard InChI is InChI=1S/C15H12Cl2O3/c16-12-7-6-11(13(17)8-12)9-20-15(19)14(18)10-4-2-1-3-5-10/h1-8,14,18H,9H2. The number of benzene rings is 2. The fraction of sp³-hybridized carbons (Fsp3) is 0.133. The summed E-state index contributed by atoms with van der Waals surface area (Å²) in [4.78, 5) is 11.8. The molecule has 0 bridgehead atoms. The predicted octanol–water partition coefficient (Wildman–Crippen LogP) is 3.77. The van der Waals surface area contributed by atoms with Crippen molar-refractivity contribution in [2.75, 3.05) is 0 Å². The summed E-state index contributed by atoms with van der Waals surface area (Å²) >= 11 is 11.7. The van der Waals surface area contributed by atoms with E-state index >= 15 is 0 Å². The van der Waals surface area contributed by atoms with E-state index in [4.69, 9.17) is 27.9 Å². The number of aliphatic hydroxyl groups excluding tert-OH is 1. The normalized spacial score (nSPS) is 11.9. The van der Waals surface area contributed by atoms with Gasteiger partial charge in [-0.1, -0.05) is 59.6 Å². The van der Waals surface area contributed by atoms with E-state index in [1.165, 1.54) is 0 Å². The largest absolute Gasteiger partial charge is 0.459 e. The molecule has 1 unspecified atom stereocenters. The van der Waals surface area contributed by atoms with E-state index in [0.29, 0.717) is 21.2 Å². The molecule has 0 spiro atoms. The molecule has 1 N–H and O–H groups in total. The SMILES string of the molecule is O=C(OCc1ccc(Cl)cc1Cl)C(O)c1ccccc1. The van der Waals surface area contributed by atoms with Crippen molar-refractivity contribution in [3.63, 3.8) is 0 Å². The Bertz CT molecular complexity index is 599. The third kappa shape index (κ3) is 3.73. The molecule has 0 saturated carbocycles. The minimum absolute atomic E-state index is 0.0151. The van der Waals surface area contributed by atoms with Gasteiger partial charge in [-0.05, 0) is 17.7 Å². The third-order valence-corrected chi connectivity index (χ3v) is 3.31. The van der Waals surface area contributed by atoms with Gasteiger partial charge >= 0.3 is 5.97 Å². The molecule has 0 aliphatic heterocycles. The van der Waals surface area contributed by atoms with Crippen LogP contribution in [-0.4, -0.2) is 11.1 Å². The number of rotatable bonds is 4. The molecule has 1 atom stereocenters. The van der Waals surface area contributed by atoms with Crippen LogP contribution in [0.5, 0.6) is 0 Å². The molecule has 104 valence electrons. The summed E-state index contributed by atoms with van der Waals surface area (Å²) < 4.78 is 5.05. The summed E-state index contributed by atoms with van der Waals surface area (Å²) in [5, 5.41) is 10.8. The first-order valence-corrected chi connectivity index (χ1v) is 6.67. The fourth-order valence-electron chi connectivity index (χ4n) is 1.64. The average Bonchev–Trinajstić information content (AvgIpc) is 2.46. The minimum atomic E-state index is -1.30. The molecule has 2 rings (SSSR count). The lowest BCUT2D eigenvalue weighted by Gasteiger charge is -2.11. The maximum atomic E-state index is 11.8. The van der Waals surface area contributed by atoms with Crippen molar-refractivity contribution in [3.8, 4) is 0 Å². The summed E-state index contributed by atoms with van der Waals surface area (Å²) in [5.41, 5.74) is 1.12. The number of carbonyl (C=O) groups is 1. The van der Waals surface area contributed by atoms with Crippen LogP contribution in [0.3, 0.4) is 0 Å². The zero-order chi connectivity index (χ0) is 14.5. The zero-order valence-corrected chi connectivity index (χ0v) is 11.9. The first-order valence-electron chi connectivity index (χ1n) is 5.91. The van der Waals surface area contributed by atoms with Gasteiger partial charge in [0.1, 0.15) is 6.61 Å². The quantitative estimate of drug-likeness (QED) is 0.874. The highest BCUT2D eigenvalue weighted by atomic mass is 35.5. The Morgan fingerprint density at radius 2 is 1.85 bits per heavy atom. The highest BCUT2D eigenvalue weighted by Crippen LogP contribution is 2.22. The van der Waals surface area contributed by atoms with Crippen LogP contribution in [0, 0.1) is 0 Å². The van der Waals surface area contributed by atoms with Crippen molar-refractivity contribution in [2.24, 2.45) is 0 Å². The van der Waals surface area contributed by atoms with Crippen LogP contribution in [0.25, 0.3) is 0 Å². The van der Waals surface area contributed by atoms with E-state index in [1.807, 2.05) is 0 Å². The number of esters is 1. The first kappa shape index (κ1) is 14.9. The van der Waals surface area contributed by atoms with E-state index in [9.17, 15) is 9.90 Å². The van der Waals surface area contributed by atoms with Gasteiger partial charge in [-0.2, -0.15) is 0 Å². The lowest BCUT2D eigenvalue weighted by atomic mass is 10.1. The molecular weight excluding hydrogens is 299 g/mol. The summed E-state index contributed by atoms with van der Waals surface area (Å²) in [6.45, 7) is -0.0151. The van der Waals surface area contributed by atoms with Crippen LogP contribution in [0.2, 0.25) is 10.0 Å². The van der Waals surface area contributed by atoms with Crippen molar-refractivity contribution in [2.45, 2.75) is 12.7 Å². The van der Waals surface area contributed by atoms with Crippen LogP contribution in [0.4, 0.5) is 0 Å². The Morgan fingerprint density at radius 3 is 2.50 bits per heavy atom. The molecule has 0 aliphatic rings. The van der Waals surface area contributed by atoms with Gasteiger partial charge in [0.05, 0.1) is 0 Å². The Morgan fingerprint density at radius 1 is 1.15 bits per heavy atom. The highest BCUT2D eigenvalue weighted by molar-refractivity contribution is 6.35. The third-order valence-electron chi connectivity index (χ3n) is 2.72. The van der Waals surface area contributed by atoms with Crippen LogP contribution in [-0.2, 0) is 16.1 Å². The molecule has 0 amide bonds. The Labute approximate surface area is 126 Å². The van der Waals surface area contributed by atoms with Crippen LogP contribution in [0.15, 0.2) is 48.5 Å². The molecule has 0 saturated heterocycles. The molecule has 0 aromatic heterocycles.